The molecule has 7 heteroatoms. The molecular formula is C22H24FN3O3. The summed E-state index contributed by atoms with van der Waals surface area (Å²) >= 11 is 0. The molecule has 6 nitrogen and oxygen atoms in total. The van der Waals surface area contributed by atoms with Gasteiger partial charge in [-0.05, 0) is 49.6 Å². The van der Waals surface area contributed by atoms with Crippen molar-refractivity contribution in [2.75, 3.05) is 19.6 Å². The third kappa shape index (κ3) is 5.40. The van der Waals surface area contributed by atoms with Gasteiger partial charge in [0.15, 0.2) is 0 Å². The summed E-state index contributed by atoms with van der Waals surface area (Å²) in [6.45, 7) is 1.30. The average molecular weight is 397 g/mol. The fourth-order valence-corrected chi connectivity index (χ4v) is 3.38. The lowest BCUT2D eigenvalue weighted by Gasteiger charge is -2.24. The topological polar surface area (TPSA) is 78.5 Å². The van der Waals surface area contributed by atoms with Crippen LogP contribution in [0.2, 0.25) is 0 Å². The predicted molar refractivity (Wildman–Crippen MR) is 107 cm³/mol. The number of carbonyl (C=O) groups excluding carboxylic acids is 3. The van der Waals surface area contributed by atoms with Gasteiger partial charge in [-0.3, -0.25) is 14.4 Å². The molecule has 1 saturated heterocycles. The molecule has 152 valence electrons. The van der Waals surface area contributed by atoms with Crippen molar-refractivity contribution in [1.29, 1.82) is 0 Å². The van der Waals surface area contributed by atoms with Crippen molar-refractivity contribution in [3.63, 3.8) is 0 Å². The predicted octanol–water partition coefficient (Wildman–Crippen LogP) is 2.37. The summed E-state index contributed by atoms with van der Waals surface area (Å²) in [6, 6.07) is 13.9. The number of halogens is 1. The van der Waals surface area contributed by atoms with Crippen LogP contribution < -0.4 is 10.6 Å². The van der Waals surface area contributed by atoms with Crippen LogP contribution in [0, 0.1) is 5.82 Å². The lowest BCUT2D eigenvalue weighted by molar-refractivity contribution is -0.124. The first-order valence-corrected chi connectivity index (χ1v) is 9.74. The number of rotatable bonds is 7. The Kier molecular flexibility index (Phi) is 6.94. The minimum atomic E-state index is -0.551. The molecule has 2 aromatic carbocycles. The Labute approximate surface area is 169 Å². The van der Waals surface area contributed by atoms with Gasteiger partial charge >= 0.3 is 0 Å². The van der Waals surface area contributed by atoms with Crippen LogP contribution in [0.1, 0.15) is 40.0 Å². The summed E-state index contributed by atoms with van der Waals surface area (Å²) < 4.78 is 13.4. The highest BCUT2D eigenvalue weighted by Gasteiger charge is 2.34. The van der Waals surface area contributed by atoms with Crippen molar-refractivity contribution in [3.8, 4) is 0 Å². The highest BCUT2D eigenvalue weighted by Crippen LogP contribution is 2.20. The largest absolute Gasteiger partial charge is 0.354 e. The number of hydrogen-bond donors (Lipinski definition) is 2. The van der Waals surface area contributed by atoms with Gasteiger partial charge in [-0.25, -0.2) is 4.39 Å². The van der Waals surface area contributed by atoms with Crippen molar-refractivity contribution in [2.45, 2.75) is 25.3 Å². The molecule has 1 heterocycles. The summed E-state index contributed by atoms with van der Waals surface area (Å²) in [7, 11) is 0. The summed E-state index contributed by atoms with van der Waals surface area (Å²) in [6.07, 6.45) is 1.89. The van der Waals surface area contributed by atoms with Crippen LogP contribution in [0.5, 0.6) is 0 Å². The number of hydrogen-bond acceptors (Lipinski definition) is 3. The first-order valence-electron chi connectivity index (χ1n) is 9.74. The molecule has 1 atom stereocenters. The van der Waals surface area contributed by atoms with E-state index in [0.717, 1.165) is 6.42 Å². The number of benzene rings is 2. The molecule has 1 aliphatic rings. The maximum Gasteiger partial charge on any atom is 0.254 e. The van der Waals surface area contributed by atoms with Gasteiger partial charge in [0.1, 0.15) is 11.9 Å². The summed E-state index contributed by atoms with van der Waals surface area (Å²) in [4.78, 5) is 38.6. The first-order chi connectivity index (χ1) is 14.1. The summed E-state index contributed by atoms with van der Waals surface area (Å²) in [5, 5.41) is 5.63. The fourth-order valence-electron chi connectivity index (χ4n) is 3.38. The zero-order valence-electron chi connectivity index (χ0n) is 16.1. The van der Waals surface area contributed by atoms with E-state index in [1.807, 2.05) is 6.07 Å². The lowest BCUT2D eigenvalue weighted by Crippen LogP contribution is -2.46. The minimum absolute atomic E-state index is 0.153. The van der Waals surface area contributed by atoms with Gasteiger partial charge in [0.25, 0.3) is 11.8 Å². The molecule has 3 amide bonds. The fraction of sp³-hybridized carbons (Fsp3) is 0.318. The first kappa shape index (κ1) is 20.5. The molecule has 1 aliphatic heterocycles. The van der Waals surface area contributed by atoms with Crippen LogP contribution in [-0.4, -0.2) is 48.3 Å². The second kappa shape index (κ2) is 9.82. The monoisotopic (exact) mass is 397 g/mol. The Bertz CT molecular complexity index is 873. The molecular weight excluding hydrogens is 373 g/mol. The molecule has 0 radical (unpaired) electrons. The SMILES string of the molecule is O=C(NCCCNC(=O)[C@@H]1CCCN1C(=O)c1cccc(F)c1)c1ccccc1. The van der Waals surface area contributed by atoms with Gasteiger partial charge in [-0.15, -0.1) is 0 Å². The number of nitrogens with zero attached hydrogens (tertiary/aromatic N) is 1. The van der Waals surface area contributed by atoms with E-state index >= 15 is 0 Å². The molecule has 0 aliphatic carbocycles. The highest BCUT2D eigenvalue weighted by atomic mass is 19.1. The van der Waals surface area contributed by atoms with Gasteiger partial charge < -0.3 is 15.5 Å². The molecule has 0 aromatic heterocycles. The Hall–Kier alpha value is -3.22. The van der Waals surface area contributed by atoms with Crippen LogP contribution >= 0.6 is 0 Å². The maximum absolute atomic E-state index is 13.4. The number of nitrogens with one attached hydrogen (secondary N) is 2. The van der Waals surface area contributed by atoms with Crippen LogP contribution in [0.4, 0.5) is 4.39 Å². The Morgan fingerprint density at radius 1 is 0.966 bits per heavy atom. The van der Waals surface area contributed by atoms with Gasteiger partial charge in [0, 0.05) is 30.8 Å². The Morgan fingerprint density at radius 2 is 1.69 bits per heavy atom. The molecule has 2 aromatic rings. The standard InChI is InChI=1S/C22H24FN3O3/c23-18-10-4-9-17(15-18)22(29)26-14-5-11-19(26)21(28)25-13-6-12-24-20(27)16-7-2-1-3-8-16/h1-4,7-10,15,19H,5-6,11-14H2,(H,24,27)(H,25,28)/t19-/m0/s1. The van der Waals surface area contributed by atoms with Gasteiger partial charge in [-0.1, -0.05) is 24.3 Å². The lowest BCUT2D eigenvalue weighted by atomic mass is 10.1. The van der Waals surface area contributed by atoms with Gasteiger partial charge in [0.05, 0.1) is 0 Å². The minimum Gasteiger partial charge on any atom is -0.354 e. The van der Waals surface area contributed by atoms with E-state index in [0.29, 0.717) is 38.0 Å². The van der Waals surface area contributed by atoms with Crippen molar-refractivity contribution in [2.24, 2.45) is 0 Å². The van der Waals surface area contributed by atoms with Gasteiger partial charge in [-0.2, -0.15) is 0 Å². The molecule has 0 spiro atoms. The van der Waals surface area contributed by atoms with Crippen molar-refractivity contribution in [3.05, 3.63) is 71.5 Å². The number of likely N-dealkylation sites (tertiary alicyclic amines) is 1. The number of amides is 3. The molecule has 1 fully saturated rings. The van der Waals surface area contributed by atoms with E-state index in [4.69, 9.17) is 0 Å². The summed E-state index contributed by atoms with van der Waals surface area (Å²) in [5.74, 6) is -1.19. The molecule has 0 bridgehead atoms. The van der Waals surface area contributed by atoms with Crippen LogP contribution in [-0.2, 0) is 4.79 Å². The molecule has 2 N–H and O–H groups in total. The Balaban J connectivity index is 1.44. The third-order valence-corrected chi connectivity index (χ3v) is 4.86. The second-order valence-electron chi connectivity index (χ2n) is 6.93. The molecule has 3 rings (SSSR count). The highest BCUT2D eigenvalue weighted by molar-refractivity contribution is 5.98. The zero-order valence-corrected chi connectivity index (χ0v) is 16.1. The van der Waals surface area contributed by atoms with E-state index in [2.05, 4.69) is 10.6 Å². The molecule has 0 unspecified atom stereocenters. The third-order valence-electron chi connectivity index (χ3n) is 4.86. The zero-order chi connectivity index (χ0) is 20.6. The van der Waals surface area contributed by atoms with E-state index in [9.17, 15) is 18.8 Å². The normalized spacial score (nSPS) is 15.8. The van der Waals surface area contributed by atoms with Crippen LogP contribution in [0.15, 0.2) is 54.6 Å². The van der Waals surface area contributed by atoms with E-state index in [-0.39, 0.29) is 23.3 Å². The second-order valence-corrected chi connectivity index (χ2v) is 6.93. The van der Waals surface area contributed by atoms with E-state index in [1.54, 1.807) is 30.3 Å². The van der Waals surface area contributed by atoms with Crippen molar-refractivity contribution >= 4 is 17.7 Å². The van der Waals surface area contributed by atoms with Gasteiger partial charge in [0.2, 0.25) is 5.91 Å². The van der Waals surface area contributed by atoms with Crippen LogP contribution in [0.3, 0.4) is 0 Å². The summed E-state index contributed by atoms with van der Waals surface area (Å²) in [5.41, 5.74) is 0.835. The van der Waals surface area contributed by atoms with Crippen molar-refractivity contribution in [1.82, 2.24) is 15.5 Å². The van der Waals surface area contributed by atoms with E-state index in [1.165, 1.54) is 23.1 Å². The smallest absolute Gasteiger partial charge is 0.254 e. The average Bonchev–Trinajstić information content (AvgIpc) is 3.23. The molecule has 0 saturated carbocycles. The van der Waals surface area contributed by atoms with Crippen molar-refractivity contribution < 1.29 is 18.8 Å². The maximum atomic E-state index is 13.4. The van der Waals surface area contributed by atoms with Crippen LogP contribution in [0.25, 0.3) is 0 Å². The molecule has 29 heavy (non-hydrogen) atoms. The Morgan fingerprint density at radius 3 is 2.45 bits per heavy atom. The number of carbonyl (C=O) groups is 3. The quantitative estimate of drug-likeness (QED) is 0.704. The van der Waals surface area contributed by atoms with E-state index < -0.39 is 11.9 Å².